The minimum Gasteiger partial charge on any atom is -0.394 e. The SMILES string of the molecule is OCCOCCc1[nH]cc[nH+]1. The zero-order valence-corrected chi connectivity index (χ0v) is 6.34. The Hall–Kier alpha value is -0.870. The molecule has 0 amide bonds. The van der Waals surface area contributed by atoms with Gasteiger partial charge in [0.2, 0.25) is 0 Å². The van der Waals surface area contributed by atoms with Crippen LogP contribution in [0.1, 0.15) is 5.82 Å². The van der Waals surface area contributed by atoms with E-state index < -0.39 is 0 Å². The van der Waals surface area contributed by atoms with Crippen molar-refractivity contribution in [2.45, 2.75) is 6.42 Å². The highest BCUT2D eigenvalue weighted by atomic mass is 16.5. The second-order valence-electron chi connectivity index (χ2n) is 2.19. The number of H-pyrrole nitrogens is 2. The van der Waals surface area contributed by atoms with E-state index in [0.29, 0.717) is 13.2 Å². The Kier molecular flexibility index (Phi) is 3.64. The molecule has 0 radical (unpaired) electrons. The summed E-state index contributed by atoms with van der Waals surface area (Å²) in [4.78, 5) is 6.03. The van der Waals surface area contributed by atoms with E-state index in [1.165, 1.54) is 0 Å². The zero-order valence-electron chi connectivity index (χ0n) is 6.34. The average Bonchev–Trinajstić information content (AvgIpc) is 2.50. The largest absolute Gasteiger partial charge is 0.394 e. The van der Waals surface area contributed by atoms with E-state index in [2.05, 4.69) is 9.97 Å². The normalized spacial score (nSPS) is 10.3. The number of ether oxygens (including phenoxy) is 1. The van der Waals surface area contributed by atoms with Gasteiger partial charge in [0.15, 0.2) is 0 Å². The van der Waals surface area contributed by atoms with Gasteiger partial charge in [0.1, 0.15) is 12.4 Å². The quantitative estimate of drug-likeness (QED) is 0.560. The van der Waals surface area contributed by atoms with Crippen LogP contribution in [-0.4, -0.2) is 29.9 Å². The molecule has 0 saturated carbocycles. The number of hydrogen-bond donors (Lipinski definition) is 2. The van der Waals surface area contributed by atoms with Crippen LogP contribution in [0.15, 0.2) is 12.4 Å². The van der Waals surface area contributed by atoms with E-state index >= 15 is 0 Å². The van der Waals surface area contributed by atoms with Crippen molar-refractivity contribution in [3.63, 3.8) is 0 Å². The third-order valence-corrected chi connectivity index (χ3v) is 1.33. The summed E-state index contributed by atoms with van der Waals surface area (Å²) in [7, 11) is 0. The summed E-state index contributed by atoms with van der Waals surface area (Å²) in [6.07, 6.45) is 4.50. The third-order valence-electron chi connectivity index (χ3n) is 1.33. The molecular formula is C7H13N2O2+. The van der Waals surface area contributed by atoms with Crippen LogP contribution >= 0.6 is 0 Å². The van der Waals surface area contributed by atoms with Crippen LogP contribution < -0.4 is 4.98 Å². The number of aliphatic hydroxyl groups is 1. The summed E-state index contributed by atoms with van der Waals surface area (Å²) < 4.78 is 5.07. The van der Waals surface area contributed by atoms with Crippen LogP contribution in [0.5, 0.6) is 0 Å². The van der Waals surface area contributed by atoms with E-state index in [9.17, 15) is 0 Å². The van der Waals surface area contributed by atoms with Gasteiger partial charge < -0.3 is 9.84 Å². The second kappa shape index (κ2) is 4.87. The Morgan fingerprint density at radius 2 is 2.45 bits per heavy atom. The first kappa shape index (κ1) is 8.23. The molecule has 62 valence electrons. The molecule has 0 aliphatic carbocycles. The topological polar surface area (TPSA) is 59.4 Å². The van der Waals surface area contributed by atoms with Gasteiger partial charge in [-0.2, -0.15) is 0 Å². The Morgan fingerprint density at radius 1 is 1.55 bits per heavy atom. The highest BCUT2D eigenvalue weighted by molar-refractivity contribution is 4.75. The maximum atomic E-state index is 8.38. The van der Waals surface area contributed by atoms with E-state index in [4.69, 9.17) is 9.84 Å². The summed E-state index contributed by atoms with van der Waals surface area (Å²) in [5, 5.41) is 8.38. The molecular weight excluding hydrogens is 144 g/mol. The minimum absolute atomic E-state index is 0.0917. The molecule has 0 fully saturated rings. The Labute approximate surface area is 65.2 Å². The number of hydrogen-bond acceptors (Lipinski definition) is 2. The number of aliphatic hydroxyl groups excluding tert-OH is 1. The molecule has 0 aromatic carbocycles. The molecule has 0 atom stereocenters. The molecule has 0 bridgehead atoms. The maximum Gasteiger partial charge on any atom is 0.254 e. The van der Waals surface area contributed by atoms with E-state index in [1.807, 2.05) is 12.4 Å². The molecule has 0 aliphatic heterocycles. The predicted molar refractivity (Wildman–Crippen MR) is 39.0 cm³/mol. The molecule has 4 heteroatoms. The fourth-order valence-electron chi connectivity index (χ4n) is 0.811. The first-order chi connectivity index (χ1) is 5.43. The molecule has 0 aliphatic rings. The van der Waals surface area contributed by atoms with E-state index in [0.717, 1.165) is 12.2 Å². The molecule has 0 unspecified atom stereocenters. The van der Waals surface area contributed by atoms with Crippen molar-refractivity contribution in [1.29, 1.82) is 0 Å². The second-order valence-corrected chi connectivity index (χ2v) is 2.19. The van der Waals surface area contributed by atoms with Crippen LogP contribution in [0, 0.1) is 0 Å². The fraction of sp³-hybridized carbons (Fsp3) is 0.571. The van der Waals surface area contributed by atoms with Crippen LogP contribution in [-0.2, 0) is 11.2 Å². The first-order valence-electron chi connectivity index (χ1n) is 3.66. The number of nitrogens with one attached hydrogen (secondary N) is 2. The first-order valence-corrected chi connectivity index (χ1v) is 3.66. The molecule has 1 aromatic heterocycles. The third kappa shape index (κ3) is 3.15. The highest BCUT2D eigenvalue weighted by Crippen LogP contribution is 1.85. The predicted octanol–water partition coefficient (Wildman–Crippen LogP) is -0.620. The van der Waals surface area contributed by atoms with Gasteiger partial charge in [-0.1, -0.05) is 0 Å². The van der Waals surface area contributed by atoms with Crippen LogP contribution in [0.4, 0.5) is 0 Å². The maximum absolute atomic E-state index is 8.38. The van der Waals surface area contributed by atoms with Crippen molar-refractivity contribution in [2.75, 3.05) is 19.8 Å². The monoisotopic (exact) mass is 157 g/mol. The van der Waals surface area contributed by atoms with Gasteiger partial charge in [0.25, 0.3) is 5.82 Å². The van der Waals surface area contributed by atoms with Crippen LogP contribution in [0.2, 0.25) is 0 Å². The summed E-state index contributed by atoms with van der Waals surface area (Å²) in [6.45, 7) is 1.15. The number of rotatable bonds is 5. The van der Waals surface area contributed by atoms with Gasteiger partial charge in [-0.15, -0.1) is 0 Å². The van der Waals surface area contributed by atoms with Gasteiger partial charge in [-0.3, -0.25) is 0 Å². The minimum atomic E-state index is 0.0917. The lowest BCUT2D eigenvalue weighted by Gasteiger charge is -1.96. The van der Waals surface area contributed by atoms with E-state index in [1.54, 1.807) is 0 Å². The summed E-state index contributed by atoms with van der Waals surface area (Å²) in [5.41, 5.74) is 0. The van der Waals surface area contributed by atoms with Gasteiger partial charge in [0, 0.05) is 0 Å². The number of aromatic amines is 2. The lowest BCUT2D eigenvalue weighted by molar-refractivity contribution is -0.388. The van der Waals surface area contributed by atoms with Crippen LogP contribution in [0.25, 0.3) is 0 Å². The van der Waals surface area contributed by atoms with Crippen molar-refractivity contribution >= 4 is 0 Å². The fourth-order valence-corrected chi connectivity index (χ4v) is 0.811. The molecule has 1 heterocycles. The molecule has 11 heavy (non-hydrogen) atoms. The van der Waals surface area contributed by atoms with Crippen molar-refractivity contribution in [1.82, 2.24) is 4.98 Å². The molecule has 1 aromatic rings. The summed E-state index contributed by atoms with van der Waals surface area (Å²) in [5.74, 6) is 1.04. The number of aromatic nitrogens is 2. The lowest BCUT2D eigenvalue weighted by Crippen LogP contribution is -2.11. The Morgan fingerprint density at radius 3 is 3.09 bits per heavy atom. The smallest absolute Gasteiger partial charge is 0.254 e. The molecule has 0 saturated heterocycles. The number of imidazole rings is 1. The Balaban J connectivity index is 2.04. The van der Waals surface area contributed by atoms with Crippen LogP contribution in [0.3, 0.4) is 0 Å². The Bertz CT molecular complexity index is 175. The van der Waals surface area contributed by atoms with E-state index in [-0.39, 0.29) is 6.61 Å². The van der Waals surface area contributed by atoms with Gasteiger partial charge in [0.05, 0.1) is 26.2 Å². The van der Waals surface area contributed by atoms with Gasteiger partial charge in [-0.05, 0) is 0 Å². The molecule has 1 rings (SSSR count). The standard InChI is InChI=1S/C7H12N2O2/c10-4-6-11-5-1-7-8-2-3-9-7/h2-3,10H,1,4-6H2,(H,8,9)/p+1. The summed E-state index contributed by atoms with van der Waals surface area (Å²) in [6, 6.07) is 0. The lowest BCUT2D eigenvalue weighted by atomic mass is 10.4. The van der Waals surface area contributed by atoms with Gasteiger partial charge >= 0.3 is 0 Å². The van der Waals surface area contributed by atoms with Crippen molar-refractivity contribution in [3.8, 4) is 0 Å². The van der Waals surface area contributed by atoms with Gasteiger partial charge in [-0.25, -0.2) is 9.97 Å². The van der Waals surface area contributed by atoms with Crippen molar-refractivity contribution < 1.29 is 14.8 Å². The molecule has 0 spiro atoms. The van der Waals surface area contributed by atoms with Crippen molar-refractivity contribution in [3.05, 3.63) is 18.2 Å². The highest BCUT2D eigenvalue weighted by Gasteiger charge is 1.99. The average molecular weight is 157 g/mol. The molecule has 3 N–H and O–H groups in total. The van der Waals surface area contributed by atoms with Crippen molar-refractivity contribution in [2.24, 2.45) is 0 Å². The molecule has 4 nitrogen and oxygen atoms in total. The zero-order chi connectivity index (χ0) is 7.94. The summed E-state index contributed by atoms with van der Waals surface area (Å²) >= 11 is 0.